The van der Waals surface area contributed by atoms with Crippen LogP contribution in [-0.4, -0.2) is 13.1 Å². The van der Waals surface area contributed by atoms with Crippen LogP contribution in [0.1, 0.15) is 38.2 Å². The van der Waals surface area contributed by atoms with Gasteiger partial charge in [0, 0.05) is 13.1 Å². The first kappa shape index (κ1) is 14.8. The number of nitrogens with zero attached hydrogens (tertiary/aromatic N) is 1. The van der Waals surface area contributed by atoms with Gasteiger partial charge in [0.05, 0.1) is 5.69 Å². The summed E-state index contributed by atoms with van der Waals surface area (Å²) in [6, 6.07) is 5.53. The molecule has 1 aromatic carbocycles. The van der Waals surface area contributed by atoms with E-state index in [-0.39, 0.29) is 5.82 Å². The summed E-state index contributed by atoms with van der Waals surface area (Å²) in [4.78, 5) is 2.15. The van der Waals surface area contributed by atoms with Gasteiger partial charge in [0.25, 0.3) is 0 Å². The zero-order valence-electron chi connectivity index (χ0n) is 12.4. The molecule has 1 nitrogen and oxygen atoms in total. The van der Waals surface area contributed by atoms with E-state index < -0.39 is 0 Å². The van der Waals surface area contributed by atoms with Gasteiger partial charge in [0.15, 0.2) is 0 Å². The highest BCUT2D eigenvalue weighted by atomic mass is 19.1. The minimum atomic E-state index is -0.128. The number of hydrogen-bond acceptors (Lipinski definition) is 1. The van der Waals surface area contributed by atoms with Gasteiger partial charge in [-0.1, -0.05) is 25.6 Å². The van der Waals surface area contributed by atoms with Gasteiger partial charge in [-0.25, -0.2) is 4.39 Å². The van der Waals surface area contributed by atoms with Crippen molar-refractivity contribution < 1.29 is 4.39 Å². The van der Waals surface area contributed by atoms with Crippen LogP contribution in [0.2, 0.25) is 0 Å². The van der Waals surface area contributed by atoms with E-state index in [4.69, 9.17) is 0 Å². The molecule has 2 heteroatoms. The molecular formula is C18H24FN. The number of anilines is 1. The van der Waals surface area contributed by atoms with Crippen LogP contribution in [-0.2, 0) is 0 Å². The molecule has 0 radical (unpaired) electrons. The molecule has 0 saturated carbocycles. The highest BCUT2D eigenvalue weighted by Crippen LogP contribution is 2.29. The van der Waals surface area contributed by atoms with Crippen molar-refractivity contribution in [3.63, 3.8) is 0 Å². The second-order valence-electron chi connectivity index (χ2n) is 5.66. The van der Waals surface area contributed by atoms with Gasteiger partial charge in [-0.3, -0.25) is 0 Å². The van der Waals surface area contributed by atoms with Crippen molar-refractivity contribution in [3.05, 3.63) is 48.8 Å². The maximum absolute atomic E-state index is 14.3. The molecule has 0 aliphatic carbocycles. The van der Waals surface area contributed by atoms with Gasteiger partial charge in [0.2, 0.25) is 0 Å². The Labute approximate surface area is 121 Å². The molecular weight excluding hydrogens is 249 g/mol. The highest BCUT2D eigenvalue weighted by Gasteiger charge is 2.16. The average molecular weight is 273 g/mol. The van der Waals surface area contributed by atoms with E-state index in [1.165, 1.54) is 6.42 Å². The number of allylic oxidation sites excluding steroid dienone is 2. The number of benzene rings is 1. The largest absolute Gasteiger partial charge is 0.369 e. The van der Waals surface area contributed by atoms with E-state index in [1.54, 1.807) is 6.07 Å². The van der Waals surface area contributed by atoms with Crippen LogP contribution in [0.3, 0.4) is 0 Å². The molecule has 2 rings (SSSR count). The van der Waals surface area contributed by atoms with Crippen LogP contribution >= 0.6 is 0 Å². The third-order valence-corrected chi connectivity index (χ3v) is 4.13. The minimum Gasteiger partial charge on any atom is -0.369 e. The van der Waals surface area contributed by atoms with Gasteiger partial charge >= 0.3 is 0 Å². The molecule has 20 heavy (non-hydrogen) atoms. The smallest absolute Gasteiger partial charge is 0.147 e. The summed E-state index contributed by atoms with van der Waals surface area (Å²) in [5.74, 6) is 0.170. The normalized spacial score (nSPS) is 16.8. The van der Waals surface area contributed by atoms with E-state index in [0.29, 0.717) is 5.92 Å². The van der Waals surface area contributed by atoms with Crippen LogP contribution in [0.15, 0.2) is 37.4 Å². The van der Waals surface area contributed by atoms with Crippen LogP contribution in [0.25, 0.3) is 5.57 Å². The topological polar surface area (TPSA) is 3.24 Å². The maximum Gasteiger partial charge on any atom is 0.147 e. The summed E-state index contributed by atoms with van der Waals surface area (Å²) >= 11 is 0. The second kappa shape index (κ2) is 6.74. The third kappa shape index (κ3) is 3.30. The lowest BCUT2D eigenvalue weighted by Gasteiger charge is -2.29. The predicted octanol–water partition coefficient (Wildman–Crippen LogP) is 5.04. The van der Waals surface area contributed by atoms with E-state index in [0.717, 1.165) is 49.2 Å². The minimum absolute atomic E-state index is 0.128. The summed E-state index contributed by atoms with van der Waals surface area (Å²) < 4.78 is 14.3. The van der Waals surface area contributed by atoms with Crippen molar-refractivity contribution in [2.24, 2.45) is 5.92 Å². The Hall–Kier alpha value is -1.57. The molecule has 1 aromatic rings. The van der Waals surface area contributed by atoms with E-state index in [1.807, 2.05) is 18.2 Å². The zero-order valence-corrected chi connectivity index (χ0v) is 12.4. The van der Waals surface area contributed by atoms with Gasteiger partial charge in [0.1, 0.15) is 5.82 Å². The molecule has 0 aromatic heterocycles. The number of hydrogen-bond donors (Lipinski definition) is 0. The molecule has 1 aliphatic heterocycles. The zero-order chi connectivity index (χ0) is 14.5. The van der Waals surface area contributed by atoms with E-state index >= 15 is 0 Å². The lowest BCUT2D eigenvalue weighted by Crippen LogP contribution is -2.30. The lowest BCUT2D eigenvalue weighted by atomic mass is 9.92. The molecule has 1 atom stereocenters. The first-order valence-corrected chi connectivity index (χ1v) is 7.48. The van der Waals surface area contributed by atoms with Crippen LogP contribution in [0.5, 0.6) is 0 Å². The Bertz CT molecular complexity index is 486. The lowest BCUT2D eigenvalue weighted by molar-refractivity contribution is 0.557. The molecule has 0 N–H and O–H groups in total. The van der Waals surface area contributed by atoms with Crippen LogP contribution in [0.4, 0.5) is 10.1 Å². The summed E-state index contributed by atoms with van der Waals surface area (Å²) in [6.07, 6.45) is 6.32. The predicted molar refractivity (Wildman–Crippen MR) is 85.5 cm³/mol. The van der Waals surface area contributed by atoms with Crippen molar-refractivity contribution in [2.75, 3.05) is 18.0 Å². The van der Waals surface area contributed by atoms with E-state index in [2.05, 4.69) is 25.0 Å². The maximum atomic E-state index is 14.3. The Balaban J connectivity index is 2.16. The quantitative estimate of drug-likeness (QED) is 0.679. The van der Waals surface area contributed by atoms with Crippen molar-refractivity contribution in [2.45, 2.75) is 32.6 Å². The number of halogens is 1. The summed E-state index contributed by atoms with van der Waals surface area (Å²) in [6.45, 7) is 11.9. The Morgan fingerprint density at radius 3 is 2.65 bits per heavy atom. The summed E-state index contributed by atoms with van der Waals surface area (Å²) in [5.41, 5.74) is 2.62. The average Bonchev–Trinajstić information content (AvgIpc) is 2.47. The SMILES string of the molecule is C=CCC(C)C(=C)c1ccc(N2CCCCC2)c(F)c1. The molecule has 108 valence electrons. The second-order valence-corrected chi connectivity index (χ2v) is 5.66. The van der Waals surface area contributed by atoms with Crippen molar-refractivity contribution in [1.82, 2.24) is 0 Å². The standard InChI is InChI=1S/C18H24FN/c1-4-8-14(2)15(3)16-9-10-18(17(19)13-16)20-11-6-5-7-12-20/h4,9-10,13-14H,1,3,5-8,11-12H2,2H3. The summed E-state index contributed by atoms with van der Waals surface area (Å²) in [7, 11) is 0. The Kier molecular flexibility index (Phi) is 4.99. The number of rotatable bonds is 5. The molecule has 1 aliphatic rings. The van der Waals surface area contributed by atoms with Crippen LogP contribution in [0, 0.1) is 11.7 Å². The fourth-order valence-electron chi connectivity index (χ4n) is 2.77. The molecule has 1 heterocycles. The molecule has 1 saturated heterocycles. The van der Waals surface area contributed by atoms with Gasteiger partial charge in [-0.2, -0.15) is 0 Å². The Morgan fingerprint density at radius 1 is 1.35 bits per heavy atom. The monoisotopic (exact) mass is 273 g/mol. The first-order valence-electron chi connectivity index (χ1n) is 7.48. The van der Waals surface area contributed by atoms with Crippen LogP contribution < -0.4 is 4.90 Å². The third-order valence-electron chi connectivity index (χ3n) is 4.13. The highest BCUT2D eigenvalue weighted by molar-refractivity contribution is 5.67. The van der Waals surface area contributed by atoms with Crippen molar-refractivity contribution in [1.29, 1.82) is 0 Å². The fourth-order valence-corrected chi connectivity index (χ4v) is 2.77. The Morgan fingerprint density at radius 2 is 2.05 bits per heavy atom. The van der Waals surface area contributed by atoms with Crippen molar-refractivity contribution >= 4 is 11.3 Å². The fraction of sp³-hybridized carbons (Fsp3) is 0.444. The summed E-state index contributed by atoms with van der Waals surface area (Å²) in [5, 5.41) is 0. The van der Waals surface area contributed by atoms with Gasteiger partial charge in [-0.05, 0) is 54.9 Å². The molecule has 0 bridgehead atoms. The molecule has 0 amide bonds. The first-order chi connectivity index (χ1) is 9.63. The molecule has 1 unspecified atom stereocenters. The van der Waals surface area contributed by atoms with Crippen molar-refractivity contribution in [3.8, 4) is 0 Å². The molecule has 1 fully saturated rings. The molecule has 0 spiro atoms. The number of piperidine rings is 1. The van der Waals surface area contributed by atoms with Gasteiger partial charge in [-0.15, -0.1) is 6.58 Å². The van der Waals surface area contributed by atoms with Gasteiger partial charge < -0.3 is 4.90 Å². The van der Waals surface area contributed by atoms with E-state index in [9.17, 15) is 4.39 Å².